The molecule has 0 spiro atoms. The molecule has 2 saturated heterocycles. The molecule has 1 amide bonds. The van der Waals surface area contributed by atoms with Crippen molar-refractivity contribution in [1.82, 2.24) is 14.8 Å². The third kappa shape index (κ3) is 3.88. The maximum Gasteiger partial charge on any atom is 0.255 e. The monoisotopic (exact) mass is 350 g/mol. The van der Waals surface area contributed by atoms with Gasteiger partial charge in [0.05, 0.1) is 17.4 Å². The molecule has 3 heterocycles. The van der Waals surface area contributed by atoms with Gasteiger partial charge in [0, 0.05) is 52.0 Å². The quantitative estimate of drug-likeness (QED) is 0.850. The zero-order valence-corrected chi connectivity index (χ0v) is 15.2. The summed E-state index contributed by atoms with van der Waals surface area (Å²) in [5.74, 6) is 0.109. The summed E-state index contributed by atoms with van der Waals surface area (Å²) in [6, 6.07) is 12.5. The van der Waals surface area contributed by atoms with E-state index in [2.05, 4.69) is 39.0 Å². The van der Waals surface area contributed by atoms with Crippen LogP contribution in [0.4, 0.5) is 5.69 Å². The van der Waals surface area contributed by atoms with Crippen molar-refractivity contribution < 1.29 is 4.79 Å². The lowest BCUT2D eigenvalue weighted by molar-refractivity contribution is 0.0628. The maximum atomic E-state index is 12.9. The SMILES string of the molecule is O=C(c1cncc(N2CCCC2)c1)N1CCN(Cc2ccccc2)CC1. The number of benzene rings is 1. The molecule has 2 aliphatic heterocycles. The third-order valence-corrected chi connectivity index (χ3v) is 5.35. The fourth-order valence-electron chi connectivity index (χ4n) is 3.83. The minimum Gasteiger partial charge on any atom is -0.370 e. The Hall–Kier alpha value is -2.40. The highest BCUT2D eigenvalue weighted by Crippen LogP contribution is 2.21. The van der Waals surface area contributed by atoms with Crippen LogP contribution < -0.4 is 4.90 Å². The zero-order chi connectivity index (χ0) is 17.8. The Morgan fingerprint density at radius 2 is 1.65 bits per heavy atom. The average molecular weight is 350 g/mol. The van der Waals surface area contributed by atoms with Gasteiger partial charge in [-0.25, -0.2) is 0 Å². The molecule has 26 heavy (non-hydrogen) atoms. The smallest absolute Gasteiger partial charge is 0.255 e. The number of amides is 1. The fraction of sp³-hybridized carbons (Fsp3) is 0.429. The number of carbonyl (C=O) groups excluding carboxylic acids is 1. The molecule has 0 N–H and O–H groups in total. The minimum atomic E-state index is 0.109. The van der Waals surface area contributed by atoms with Crippen LogP contribution in [0.5, 0.6) is 0 Å². The van der Waals surface area contributed by atoms with Crippen molar-refractivity contribution in [1.29, 1.82) is 0 Å². The van der Waals surface area contributed by atoms with Gasteiger partial charge in [-0.05, 0) is 24.5 Å². The number of nitrogens with zero attached hydrogens (tertiary/aromatic N) is 4. The van der Waals surface area contributed by atoms with Gasteiger partial charge in [0.15, 0.2) is 0 Å². The Kier molecular flexibility index (Phi) is 5.16. The van der Waals surface area contributed by atoms with Crippen LogP contribution in [0.25, 0.3) is 0 Å². The highest BCUT2D eigenvalue weighted by atomic mass is 16.2. The summed E-state index contributed by atoms with van der Waals surface area (Å²) >= 11 is 0. The molecule has 0 unspecified atom stereocenters. The normalized spacial score (nSPS) is 18.3. The number of carbonyl (C=O) groups is 1. The molecule has 5 nitrogen and oxygen atoms in total. The van der Waals surface area contributed by atoms with Gasteiger partial charge in [0.2, 0.25) is 0 Å². The summed E-state index contributed by atoms with van der Waals surface area (Å²) in [5, 5.41) is 0. The number of aromatic nitrogens is 1. The third-order valence-electron chi connectivity index (χ3n) is 5.35. The van der Waals surface area contributed by atoms with Crippen molar-refractivity contribution in [2.75, 3.05) is 44.2 Å². The number of hydrogen-bond donors (Lipinski definition) is 0. The van der Waals surface area contributed by atoms with E-state index in [1.807, 2.05) is 23.2 Å². The fourth-order valence-corrected chi connectivity index (χ4v) is 3.83. The number of pyridine rings is 1. The molecule has 0 bridgehead atoms. The summed E-state index contributed by atoms with van der Waals surface area (Å²) in [6.07, 6.45) is 6.03. The van der Waals surface area contributed by atoms with Gasteiger partial charge in [-0.15, -0.1) is 0 Å². The summed E-state index contributed by atoms with van der Waals surface area (Å²) in [5.41, 5.74) is 3.12. The Morgan fingerprint density at radius 1 is 0.923 bits per heavy atom. The van der Waals surface area contributed by atoms with E-state index in [0.29, 0.717) is 5.56 Å². The molecule has 1 aromatic heterocycles. The van der Waals surface area contributed by atoms with Gasteiger partial charge in [-0.2, -0.15) is 0 Å². The van der Waals surface area contributed by atoms with E-state index < -0.39 is 0 Å². The van der Waals surface area contributed by atoms with Crippen LogP contribution in [0.1, 0.15) is 28.8 Å². The van der Waals surface area contributed by atoms with Crippen LogP contribution in [-0.2, 0) is 6.54 Å². The summed E-state index contributed by atoms with van der Waals surface area (Å²) < 4.78 is 0. The van der Waals surface area contributed by atoms with Crippen LogP contribution in [0, 0.1) is 0 Å². The molecule has 2 fully saturated rings. The first kappa shape index (κ1) is 17.0. The first-order chi connectivity index (χ1) is 12.8. The molecule has 1 aromatic carbocycles. The Bertz CT molecular complexity index is 735. The molecule has 2 aromatic rings. The molecule has 0 radical (unpaired) electrons. The second-order valence-corrected chi connectivity index (χ2v) is 7.18. The molecule has 2 aliphatic rings. The lowest BCUT2D eigenvalue weighted by Crippen LogP contribution is -2.48. The molecular formula is C21H26N4O. The van der Waals surface area contributed by atoms with Crippen molar-refractivity contribution in [3.05, 3.63) is 59.9 Å². The van der Waals surface area contributed by atoms with Crippen LogP contribution in [0.2, 0.25) is 0 Å². The zero-order valence-electron chi connectivity index (χ0n) is 15.2. The summed E-state index contributed by atoms with van der Waals surface area (Å²) in [4.78, 5) is 23.9. The summed E-state index contributed by atoms with van der Waals surface area (Å²) in [7, 11) is 0. The topological polar surface area (TPSA) is 39.7 Å². The predicted octanol–water partition coefficient (Wildman–Crippen LogP) is 2.64. The molecule has 4 rings (SSSR count). The Labute approximate surface area is 155 Å². The van der Waals surface area contributed by atoms with Crippen LogP contribution in [0.3, 0.4) is 0 Å². The van der Waals surface area contributed by atoms with Crippen molar-refractivity contribution >= 4 is 11.6 Å². The van der Waals surface area contributed by atoms with Crippen molar-refractivity contribution in [3.8, 4) is 0 Å². The molecule has 0 aliphatic carbocycles. The largest absolute Gasteiger partial charge is 0.370 e. The van der Waals surface area contributed by atoms with Crippen LogP contribution in [-0.4, -0.2) is 60.0 Å². The minimum absolute atomic E-state index is 0.109. The Balaban J connectivity index is 1.35. The Morgan fingerprint density at radius 3 is 2.38 bits per heavy atom. The van der Waals surface area contributed by atoms with E-state index in [4.69, 9.17) is 0 Å². The van der Waals surface area contributed by atoms with E-state index in [1.54, 1.807) is 6.20 Å². The maximum absolute atomic E-state index is 12.9. The number of rotatable bonds is 4. The van der Waals surface area contributed by atoms with Crippen LogP contribution >= 0.6 is 0 Å². The van der Waals surface area contributed by atoms with Gasteiger partial charge in [-0.1, -0.05) is 30.3 Å². The van der Waals surface area contributed by atoms with E-state index in [9.17, 15) is 4.79 Å². The highest BCUT2D eigenvalue weighted by molar-refractivity contribution is 5.94. The van der Waals surface area contributed by atoms with Gasteiger partial charge in [0.1, 0.15) is 0 Å². The molecular weight excluding hydrogens is 324 g/mol. The average Bonchev–Trinajstić information content (AvgIpc) is 3.24. The first-order valence-corrected chi connectivity index (χ1v) is 9.55. The number of hydrogen-bond acceptors (Lipinski definition) is 4. The standard InChI is InChI=1S/C21H26N4O/c26-21(19-14-20(16-22-15-19)24-8-4-5-9-24)25-12-10-23(11-13-25)17-18-6-2-1-3-7-18/h1-3,6-7,14-16H,4-5,8-13,17H2. The van der Waals surface area contributed by atoms with E-state index in [0.717, 1.165) is 51.5 Å². The molecule has 5 heteroatoms. The van der Waals surface area contributed by atoms with E-state index in [1.165, 1.54) is 18.4 Å². The van der Waals surface area contributed by atoms with E-state index >= 15 is 0 Å². The van der Waals surface area contributed by atoms with Gasteiger partial charge >= 0.3 is 0 Å². The first-order valence-electron chi connectivity index (χ1n) is 9.55. The molecule has 136 valence electrons. The molecule has 0 atom stereocenters. The van der Waals surface area contributed by atoms with Gasteiger partial charge in [0.25, 0.3) is 5.91 Å². The summed E-state index contributed by atoms with van der Waals surface area (Å²) in [6.45, 7) is 6.48. The lowest BCUT2D eigenvalue weighted by Gasteiger charge is -2.34. The number of piperazine rings is 1. The van der Waals surface area contributed by atoms with Crippen molar-refractivity contribution in [2.24, 2.45) is 0 Å². The number of anilines is 1. The van der Waals surface area contributed by atoms with Crippen LogP contribution in [0.15, 0.2) is 48.8 Å². The predicted molar refractivity (Wildman–Crippen MR) is 103 cm³/mol. The van der Waals surface area contributed by atoms with Crippen molar-refractivity contribution in [2.45, 2.75) is 19.4 Å². The lowest BCUT2D eigenvalue weighted by atomic mass is 10.1. The van der Waals surface area contributed by atoms with Crippen molar-refractivity contribution in [3.63, 3.8) is 0 Å². The molecule has 0 saturated carbocycles. The van der Waals surface area contributed by atoms with E-state index in [-0.39, 0.29) is 5.91 Å². The van der Waals surface area contributed by atoms with Gasteiger partial charge < -0.3 is 9.80 Å². The van der Waals surface area contributed by atoms with Gasteiger partial charge in [-0.3, -0.25) is 14.7 Å². The second kappa shape index (κ2) is 7.87. The highest BCUT2D eigenvalue weighted by Gasteiger charge is 2.23. The second-order valence-electron chi connectivity index (χ2n) is 7.18.